The molecule has 2 N–H and O–H groups in total. The molecule has 23 heavy (non-hydrogen) atoms. The van der Waals surface area contributed by atoms with E-state index in [4.69, 9.17) is 4.99 Å². The lowest BCUT2D eigenvalue weighted by atomic mass is 10.2. The molecule has 0 aromatic carbocycles. The fourth-order valence-corrected chi connectivity index (χ4v) is 3.64. The fraction of sp³-hybridized carbons (Fsp3) is 0.765. The zero-order chi connectivity index (χ0) is 16.5. The van der Waals surface area contributed by atoms with Gasteiger partial charge in [0, 0.05) is 43.7 Å². The van der Waals surface area contributed by atoms with Crippen LogP contribution in [0, 0.1) is 12.8 Å². The molecule has 5 nitrogen and oxygen atoms in total. The van der Waals surface area contributed by atoms with E-state index < -0.39 is 0 Å². The van der Waals surface area contributed by atoms with Gasteiger partial charge in [0.15, 0.2) is 5.96 Å². The normalized spacial score (nSPS) is 17.4. The first-order chi connectivity index (χ1) is 11.2. The van der Waals surface area contributed by atoms with Gasteiger partial charge >= 0.3 is 0 Å². The smallest absolute Gasteiger partial charge is 0.191 e. The first-order valence-electron chi connectivity index (χ1n) is 8.83. The van der Waals surface area contributed by atoms with Crippen molar-refractivity contribution in [3.05, 3.63) is 16.1 Å². The monoisotopic (exact) mass is 337 g/mol. The standard InChI is InChI=1S/C17H31N5S/c1-4-18-17(19-8-7-16-20-12-15(3)23-16)21-11-14(2)13-22-9-5-6-10-22/h12,14H,4-11,13H2,1-3H3,(H2,18,19,21). The molecule has 0 saturated carbocycles. The van der Waals surface area contributed by atoms with E-state index in [0.29, 0.717) is 5.92 Å². The number of nitrogens with one attached hydrogen (secondary N) is 2. The minimum atomic E-state index is 0.602. The third kappa shape index (κ3) is 6.87. The highest BCUT2D eigenvalue weighted by Gasteiger charge is 2.14. The second-order valence-electron chi connectivity index (χ2n) is 6.37. The van der Waals surface area contributed by atoms with Gasteiger partial charge in [0.05, 0.1) is 5.01 Å². The minimum Gasteiger partial charge on any atom is -0.357 e. The number of aromatic nitrogens is 1. The molecule has 0 radical (unpaired) electrons. The molecule has 0 spiro atoms. The molecule has 130 valence electrons. The molecular formula is C17H31N5S. The van der Waals surface area contributed by atoms with Gasteiger partial charge in [0.1, 0.15) is 0 Å². The summed E-state index contributed by atoms with van der Waals surface area (Å²) in [6, 6.07) is 0. The van der Waals surface area contributed by atoms with Crippen molar-refractivity contribution >= 4 is 17.3 Å². The van der Waals surface area contributed by atoms with E-state index in [1.54, 1.807) is 11.3 Å². The van der Waals surface area contributed by atoms with Gasteiger partial charge in [-0.25, -0.2) is 4.98 Å². The van der Waals surface area contributed by atoms with Crippen LogP contribution in [0.15, 0.2) is 11.2 Å². The Labute approximate surface area is 144 Å². The van der Waals surface area contributed by atoms with Crippen molar-refractivity contribution in [1.82, 2.24) is 20.5 Å². The van der Waals surface area contributed by atoms with E-state index in [9.17, 15) is 0 Å². The Morgan fingerprint density at radius 2 is 2.17 bits per heavy atom. The zero-order valence-electron chi connectivity index (χ0n) is 14.8. The van der Waals surface area contributed by atoms with Crippen molar-refractivity contribution in [1.29, 1.82) is 0 Å². The second-order valence-corrected chi connectivity index (χ2v) is 7.69. The molecule has 1 aliphatic rings. The number of rotatable bonds is 8. The van der Waals surface area contributed by atoms with Gasteiger partial charge < -0.3 is 15.5 Å². The first kappa shape index (κ1) is 18.2. The average Bonchev–Trinajstić information content (AvgIpc) is 3.16. The number of guanidine groups is 1. The Morgan fingerprint density at radius 1 is 1.39 bits per heavy atom. The van der Waals surface area contributed by atoms with E-state index >= 15 is 0 Å². The SMILES string of the molecule is CCNC(=NCC(C)CN1CCCC1)NCCc1ncc(C)s1. The van der Waals surface area contributed by atoms with Gasteiger partial charge in [-0.1, -0.05) is 6.92 Å². The Bertz CT molecular complexity index is 479. The summed E-state index contributed by atoms with van der Waals surface area (Å²) in [5, 5.41) is 7.94. The number of aliphatic imine (C=N–C) groups is 1. The Morgan fingerprint density at radius 3 is 2.83 bits per heavy atom. The number of aryl methyl sites for hydroxylation is 1. The van der Waals surface area contributed by atoms with Gasteiger partial charge in [-0.2, -0.15) is 0 Å². The molecular weight excluding hydrogens is 306 g/mol. The zero-order valence-corrected chi connectivity index (χ0v) is 15.6. The molecule has 2 heterocycles. The maximum absolute atomic E-state index is 4.74. The van der Waals surface area contributed by atoms with Crippen molar-refractivity contribution in [2.24, 2.45) is 10.9 Å². The van der Waals surface area contributed by atoms with E-state index in [1.165, 1.54) is 42.4 Å². The van der Waals surface area contributed by atoms with E-state index in [1.807, 2.05) is 6.20 Å². The van der Waals surface area contributed by atoms with Crippen molar-refractivity contribution < 1.29 is 0 Å². The first-order valence-corrected chi connectivity index (χ1v) is 9.65. The number of hydrogen-bond acceptors (Lipinski definition) is 4. The van der Waals surface area contributed by atoms with Gasteiger partial charge in [0.2, 0.25) is 0 Å². The summed E-state index contributed by atoms with van der Waals surface area (Å²) >= 11 is 1.77. The largest absolute Gasteiger partial charge is 0.357 e. The Kier molecular flexibility index (Phi) is 7.82. The predicted molar refractivity (Wildman–Crippen MR) is 99.4 cm³/mol. The number of hydrogen-bond donors (Lipinski definition) is 2. The van der Waals surface area contributed by atoms with Crippen molar-refractivity contribution in [2.75, 3.05) is 39.3 Å². The fourth-order valence-electron chi connectivity index (χ4n) is 2.86. The minimum absolute atomic E-state index is 0.602. The van der Waals surface area contributed by atoms with Crippen LogP contribution in [0.25, 0.3) is 0 Å². The molecule has 1 fully saturated rings. The van der Waals surface area contributed by atoms with Crippen molar-refractivity contribution in [3.8, 4) is 0 Å². The van der Waals surface area contributed by atoms with Gasteiger partial charge in [0.25, 0.3) is 0 Å². The van der Waals surface area contributed by atoms with Crippen LogP contribution < -0.4 is 10.6 Å². The van der Waals surface area contributed by atoms with E-state index in [2.05, 4.69) is 41.3 Å². The average molecular weight is 338 g/mol. The van der Waals surface area contributed by atoms with Crippen LogP contribution in [0.2, 0.25) is 0 Å². The second kappa shape index (κ2) is 9.88. The quantitative estimate of drug-likeness (QED) is 0.564. The lowest BCUT2D eigenvalue weighted by molar-refractivity contribution is 0.291. The molecule has 1 aliphatic heterocycles. The summed E-state index contributed by atoms with van der Waals surface area (Å²) < 4.78 is 0. The molecule has 0 bridgehead atoms. The molecule has 1 saturated heterocycles. The highest BCUT2D eigenvalue weighted by atomic mass is 32.1. The highest BCUT2D eigenvalue weighted by molar-refractivity contribution is 7.11. The maximum Gasteiger partial charge on any atom is 0.191 e. The van der Waals surface area contributed by atoms with Gasteiger partial charge in [-0.15, -0.1) is 11.3 Å². The molecule has 0 amide bonds. The summed E-state index contributed by atoms with van der Waals surface area (Å²) in [7, 11) is 0. The molecule has 1 aromatic heterocycles. The molecule has 2 rings (SSSR count). The summed E-state index contributed by atoms with van der Waals surface area (Å²) in [6.45, 7) is 12.8. The highest BCUT2D eigenvalue weighted by Crippen LogP contribution is 2.11. The molecule has 1 atom stereocenters. The van der Waals surface area contributed by atoms with E-state index in [0.717, 1.165) is 32.0 Å². The maximum atomic E-state index is 4.74. The van der Waals surface area contributed by atoms with Crippen LogP contribution in [0.5, 0.6) is 0 Å². The van der Waals surface area contributed by atoms with Gasteiger partial charge in [-0.3, -0.25) is 4.99 Å². The Hall–Kier alpha value is -1.14. The molecule has 0 aliphatic carbocycles. The topological polar surface area (TPSA) is 52.6 Å². The lowest BCUT2D eigenvalue weighted by Crippen LogP contribution is -2.39. The van der Waals surface area contributed by atoms with Crippen molar-refractivity contribution in [2.45, 2.75) is 40.0 Å². The lowest BCUT2D eigenvalue weighted by Gasteiger charge is -2.19. The third-order valence-electron chi connectivity index (χ3n) is 3.97. The van der Waals surface area contributed by atoms with Crippen LogP contribution in [-0.2, 0) is 6.42 Å². The van der Waals surface area contributed by atoms with Gasteiger partial charge in [-0.05, 0) is 45.7 Å². The van der Waals surface area contributed by atoms with Crippen LogP contribution >= 0.6 is 11.3 Å². The Balaban J connectivity index is 1.72. The third-order valence-corrected chi connectivity index (χ3v) is 4.95. The molecule has 6 heteroatoms. The summed E-state index contributed by atoms with van der Waals surface area (Å²) in [4.78, 5) is 13.0. The summed E-state index contributed by atoms with van der Waals surface area (Å²) in [5.41, 5.74) is 0. The van der Waals surface area contributed by atoms with Crippen LogP contribution in [0.1, 0.15) is 36.6 Å². The van der Waals surface area contributed by atoms with E-state index in [-0.39, 0.29) is 0 Å². The van der Waals surface area contributed by atoms with Crippen LogP contribution in [-0.4, -0.2) is 55.1 Å². The molecule has 1 unspecified atom stereocenters. The van der Waals surface area contributed by atoms with Crippen molar-refractivity contribution in [3.63, 3.8) is 0 Å². The number of likely N-dealkylation sites (tertiary alicyclic amines) is 1. The summed E-state index contributed by atoms with van der Waals surface area (Å²) in [5.74, 6) is 1.53. The summed E-state index contributed by atoms with van der Waals surface area (Å²) in [6.07, 6.45) is 5.61. The van der Waals surface area contributed by atoms with Crippen LogP contribution in [0.4, 0.5) is 0 Å². The van der Waals surface area contributed by atoms with Crippen LogP contribution in [0.3, 0.4) is 0 Å². The molecule has 1 aromatic rings. The number of thiazole rings is 1. The predicted octanol–water partition coefficient (Wildman–Crippen LogP) is 2.28. The number of nitrogens with zero attached hydrogens (tertiary/aromatic N) is 3.